The first-order valence-electron chi connectivity index (χ1n) is 9.32. The number of sulfonamides is 1. The predicted octanol–water partition coefficient (Wildman–Crippen LogP) is 5.05. The van der Waals surface area contributed by atoms with Crippen LogP contribution in [-0.4, -0.2) is 15.5 Å². The minimum atomic E-state index is -4.03. The summed E-state index contributed by atoms with van der Waals surface area (Å²) in [6.07, 6.45) is 0. The van der Waals surface area contributed by atoms with Gasteiger partial charge in [0.2, 0.25) is 5.55 Å². The standard InChI is InChI=1S/C23H19BrN2O4S/c1-14-3-10-18(11-4-14)31(27,28)26-23-21(15-5-8-17(29-2)9-6-15)22(25)19-13-16(24)7-12-20(19)30-23/h3-13H,25H2,1-2H3. The second kappa shape index (κ2) is 8.20. The number of nitrogens with two attached hydrogens (primary N) is 1. The van der Waals surface area contributed by atoms with Crippen molar-refractivity contribution in [1.29, 1.82) is 0 Å². The Morgan fingerprint density at radius 3 is 2.32 bits per heavy atom. The van der Waals surface area contributed by atoms with Crippen LogP contribution in [0.25, 0.3) is 22.1 Å². The molecule has 0 saturated heterocycles. The molecule has 0 fully saturated rings. The van der Waals surface area contributed by atoms with Gasteiger partial charge < -0.3 is 14.9 Å². The molecule has 0 spiro atoms. The Morgan fingerprint density at radius 1 is 1.00 bits per heavy atom. The number of nitrogens with zero attached hydrogens (tertiary/aromatic N) is 1. The Bertz CT molecular complexity index is 1440. The maximum Gasteiger partial charge on any atom is 0.285 e. The zero-order chi connectivity index (χ0) is 22.2. The van der Waals surface area contributed by atoms with E-state index < -0.39 is 10.0 Å². The Kier molecular flexibility index (Phi) is 5.60. The van der Waals surface area contributed by atoms with Crippen LogP contribution in [0.15, 0.2) is 84.9 Å². The minimum Gasteiger partial charge on any atom is -0.497 e. The molecule has 3 aromatic carbocycles. The summed E-state index contributed by atoms with van der Waals surface area (Å²) in [6, 6.07) is 18.9. The van der Waals surface area contributed by atoms with Gasteiger partial charge in [-0.3, -0.25) is 0 Å². The van der Waals surface area contributed by atoms with Gasteiger partial charge in [0.15, 0.2) is 0 Å². The van der Waals surface area contributed by atoms with Gasteiger partial charge in [0.1, 0.15) is 11.3 Å². The van der Waals surface area contributed by atoms with E-state index in [0.29, 0.717) is 33.5 Å². The molecule has 0 radical (unpaired) electrons. The lowest BCUT2D eigenvalue weighted by molar-refractivity contribution is 0.415. The van der Waals surface area contributed by atoms with E-state index in [9.17, 15) is 8.42 Å². The highest BCUT2D eigenvalue weighted by Gasteiger charge is 2.18. The summed E-state index contributed by atoms with van der Waals surface area (Å²) < 4.78 is 42.0. The zero-order valence-corrected chi connectivity index (χ0v) is 19.2. The molecule has 31 heavy (non-hydrogen) atoms. The zero-order valence-electron chi connectivity index (χ0n) is 16.8. The van der Waals surface area contributed by atoms with Crippen LogP contribution in [0.4, 0.5) is 5.69 Å². The van der Waals surface area contributed by atoms with E-state index in [2.05, 4.69) is 20.3 Å². The SMILES string of the molecule is COc1ccc(-c2c(N)c3cc(Br)ccc3oc2=NS(=O)(=O)c2ccc(C)cc2)cc1. The maximum absolute atomic E-state index is 13.0. The topological polar surface area (TPSA) is 94.9 Å². The van der Waals surface area contributed by atoms with Crippen molar-refractivity contribution in [2.45, 2.75) is 11.8 Å². The summed E-state index contributed by atoms with van der Waals surface area (Å²) in [5.74, 6) is 0.661. The lowest BCUT2D eigenvalue weighted by Crippen LogP contribution is -2.13. The van der Waals surface area contributed by atoms with E-state index in [4.69, 9.17) is 14.9 Å². The Labute approximate surface area is 188 Å². The van der Waals surface area contributed by atoms with E-state index in [1.54, 1.807) is 55.6 Å². The smallest absolute Gasteiger partial charge is 0.285 e. The second-order valence-corrected chi connectivity index (χ2v) is 9.46. The minimum absolute atomic E-state index is 0.0726. The highest BCUT2D eigenvalue weighted by atomic mass is 79.9. The van der Waals surface area contributed by atoms with E-state index in [0.717, 1.165) is 10.0 Å². The van der Waals surface area contributed by atoms with Crippen molar-refractivity contribution in [3.63, 3.8) is 0 Å². The maximum atomic E-state index is 13.0. The van der Waals surface area contributed by atoms with Gasteiger partial charge in [-0.15, -0.1) is 4.40 Å². The molecule has 0 saturated carbocycles. The number of ether oxygens (including phenoxy) is 1. The third-order valence-corrected chi connectivity index (χ3v) is 6.59. The molecule has 2 N–H and O–H groups in total. The van der Waals surface area contributed by atoms with E-state index in [1.807, 2.05) is 13.0 Å². The molecule has 0 bridgehead atoms. The van der Waals surface area contributed by atoms with Crippen molar-refractivity contribution in [2.24, 2.45) is 4.40 Å². The highest BCUT2D eigenvalue weighted by molar-refractivity contribution is 9.10. The molecule has 158 valence electrons. The Morgan fingerprint density at radius 2 is 1.68 bits per heavy atom. The van der Waals surface area contributed by atoms with E-state index in [1.165, 1.54) is 12.1 Å². The first-order valence-corrected chi connectivity index (χ1v) is 11.6. The number of hydrogen-bond donors (Lipinski definition) is 1. The first kappa shape index (κ1) is 21.1. The number of aryl methyl sites for hydroxylation is 1. The molecule has 0 amide bonds. The molecule has 1 heterocycles. The van der Waals surface area contributed by atoms with Crippen molar-refractivity contribution >= 4 is 42.6 Å². The molecule has 8 heteroatoms. The van der Waals surface area contributed by atoms with Gasteiger partial charge in [-0.25, -0.2) is 0 Å². The van der Waals surface area contributed by atoms with Crippen molar-refractivity contribution in [2.75, 3.05) is 12.8 Å². The monoisotopic (exact) mass is 498 g/mol. The second-order valence-electron chi connectivity index (χ2n) is 6.94. The summed E-state index contributed by atoms with van der Waals surface area (Å²) in [7, 11) is -2.45. The van der Waals surface area contributed by atoms with E-state index in [-0.39, 0.29) is 10.4 Å². The van der Waals surface area contributed by atoms with Crippen LogP contribution in [0, 0.1) is 6.92 Å². The molecule has 4 aromatic rings. The number of benzene rings is 3. The van der Waals surface area contributed by atoms with Crippen LogP contribution in [0.2, 0.25) is 0 Å². The third kappa shape index (κ3) is 4.22. The average Bonchev–Trinajstić information content (AvgIpc) is 2.75. The van der Waals surface area contributed by atoms with Gasteiger partial charge in [0.25, 0.3) is 10.0 Å². The Balaban J connectivity index is 2.04. The van der Waals surface area contributed by atoms with Crippen LogP contribution in [0.3, 0.4) is 0 Å². The first-order chi connectivity index (χ1) is 14.8. The number of fused-ring (bicyclic) bond motifs is 1. The van der Waals surface area contributed by atoms with Crippen LogP contribution in [0.5, 0.6) is 5.75 Å². The van der Waals surface area contributed by atoms with Crippen molar-refractivity contribution in [3.8, 4) is 16.9 Å². The van der Waals surface area contributed by atoms with Gasteiger partial charge in [-0.1, -0.05) is 45.8 Å². The number of rotatable bonds is 4. The highest BCUT2D eigenvalue weighted by Crippen LogP contribution is 2.32. The molecule has 0 aliphatic carbocycles. The molecule has 6 nitrogen and oxygen atoms in total. The molecular formula is C23H19BrN2O4S. The normalized spacial score (nSPS) is 12.3. The molecule has 1 aromatic heterocycles. The van der Waals surface area contributed by atoms with Gasteiger partial charge in [-0.05, 0) is 55.0 Å². The lowest BCUT2D eigenvalue weighted by Gasteiger charge is -2.11. The molecule has 0 aliphatic rings. The summed E-state index contributed by atoms with van der Waals surface area (Å²) in [6.45, 7) is 1.88. The number of hydrogen-bond acceptors (Lipinski definition) is 5. The van der Waals surface area contributed by atoms with Crippen molar-refractivity contribution < 1.29 is 17.6 Å². The summed E-state index contributed by atoms with van der Waals surface area (Å²) in [4.78, 5) is 0.0726. The number of anilines is 1. The quantitative estimate of drug-likeness (QED) is 0.424. The van der Waals surface area contributed by atoms with Crippen LogP contribution < -0.4 is 16.0 Å². The van der Waals surface area contributed by atoms with Crippen molar-refractivity contribution in [3.05, 3.63) is 82.3 Å². The molecule has 0 unspecified atom stereocenters. The van der Waals surface area contributed by atoms with Crippen LogP contribution in [-0.2, 0) is 10.0 Å². The van der Waals surface area contributed by atoms with Crippen LogP contribution >= 0.6 is 15.9 Å². The number of nitrogen functional groups attached to an aromatic ring is 1. The predicted molar refractivity (Wildman–Crippen MR) is 124 cm³/mol. The largest absolute Gasteiger partial charge is 0.497 e. The molecular weight excluding hydrogens is 480 g/mol. The third-order valence-electron chi connectivity index (χ3n) is 4.82. The van der Waals surface area contributed by atoms with E-state index >= 15 is 0 Å². The molecule has 4 rings (SSSR count). The molecule has 0 atom stereocenters. The average molecular weight is 499 g/mol. The van der Waals surface area contributed by atoms with Gasteiger partial charge in [-0.2, -0.15) is 8.42 Å². The summed E-state index contributed by atoms with van der Waals surface area (Å²) in [5.41, 5.74) is 9.20. The fraction of sp³-hybridized carbons (Fsp3) is 0.0870. The van der Waals surface area contributed by atoms with Gasteiger partial charge in [0, 0.05) is 9.86 Å². The summed E-state index contributed by atoms with van der Waals surface area (Å²) in [5, 5.41) is 0.645. The lowest BCUT2D eigenvalue weighted by atomic mass is 10.0. The van der Waals surface area contributed by atoms with Gasteiger partial charge in [0.05, 0.1) is 23.3 Å². The van der Waals surface area contributed by atoms with Crippen molar-refractivity contribution in [1.82, 2.24) is 0 Å². The fourth-order valence-electron chi connectivity index (χ4n) is 3.18. The summed E-state index contributed by atoms with van der Waals surface area (Å²) >= 11 is 3.44. The number of methoxy groups -OCH3 is 1. The fourth-order valence-corrected chi connectivity index (χ4v) is 4.47. The molecule has 0 aliphatic heterocycles. The Hall–Kier alpha value is -3.10. The van der Waals surface area contributed by atoms with Crippen LogP contribution in [0.1, 0.15) is 5.56 Å². The number of halogens is 1. The van der Waals surface area contributed by atoms with Gasteiger partial charge >= 0.3 is 0 Å².